The SMILES string of the molecule is COc1c(I)cc(I)nc1[C@@H]1CCN1. The summed E-state index contributed by atoms with van der Waals surface area (Å²) in [6, 6.07) is 2.41. The van der Waals surface area contributed by atoms with Gasteiger partial charge in [-0.3, -0.25) is 0 Å². The van der Waals surface area contributed by atoms with Crippen LogP contribution >= 0.6 is 45.2 Å². The molecule has 76 valence electrons. The van der Waals surface area contributed by atoms with Crippen molar-refractivity contribution >= 4 is 45.2 Å². The summed E-state index contributed by atoms with van der Waals surface area (Å²) in [5.41, 5.74) is 1.05. The summed E-state index contributed by atoms with van der Waals surface area (Å²) >= 11 is 4.53. The van der Waals surface area contributed by atoms with Gasteiger partial charge in [-0.2, -0.15) is 0 Å². The van der Waals surface area contributed by atoms with Gasteiger partial charge in [-0.1, -0.05) is 0 Å². The number of hydrogen-bond donors (Lipinski definition) is 1. The van der Waals surface area contributed by atoms with Crippen molar-refractivity contribution in [2.24, 2.45) is 0 Å². The molecular weight excluding hydrogens is 406 g/mol. The summed E-state index contributed by atoms with van der Waals surface area (Å²) < 4.78 is 7.53. The van der Waals surface area contributed by atoms with E-state index in [9.17, 15) is 0 Å². The van der Waals surface area contributed by atoms with Crippen LogP contribution < -0.4 is 10.1 Å². The Bertz CT molecular complexity index is 353. The fourth-order valence-electron chi connectivity index (χ4n) is 1.45. The lowest BCUT2D eigenvalue weighted by molar-refractivity contribution is 0.343. The lowest BCUT2D eigenvalue weighted by Gasteiger charge is -2.28. The maximum Gasteiger partial charge on any atom is 0.155 e. The highest BCUT2D eigenvalue weighted by Gasteiger charge is 2.25. The number of aromatic nitrogens is 1. The lowest BCUT2D eigenvalue weighted by Crippen LogP contribution is -2.36. The molecule has 1 aromatic heterocycles. The van der Waals surface area contributed by atoms with Crippen molar-refractivity contribution in [1.82, 2.24) is 10.3 Å². The monoisotopic (exact) mass is 416 g/mol. The summed E-state index contributed by atoms with van der Waals surface area (Å²) in [7, 11) is 1.70. The molecule has 14 heavy (non-hydrogen) atoms. The molecule has 0 radical (unpaired) electrons. The number of rotatable bonds is 2. The number of methoxy groups -OCH3 is 1. The first kappa shape index (κ1) is 10.9. The quantitative estimate of drug-likeness (QED) is 0.594. The van der Waals surface area contributed by atoms with E-state index in [-0.39, 0.29) is 0 Å². The molecule has 1 aliphatic rings. The molecule has 3 nitrogen and oxygen atoms in total. The summed E-state index contributed by atoms with van der Waals surface area (Å²) in [6.45, 7) is 1.08. The molecule has 0 aliphatic carbocycles. The molecular formula is C9H10I2N2O. The van der Waals surface area contributed by atoms with E-state index in [0.717, 1.165) is 31.7 Å². The van der Waals surface area contributed by atoms with Crippen LogP contribution in [0.15, 0.2) is 6.07 Å². The Morgan fingerprint density at radius 2 is 2.29 bits per heavy atom. The fourth-order valence-corrected chi connectivity index (χ4v) is 3.41. The van der Waals surface area contributed by atoms with Gasteiger partial charge in [0.05, 0.1) is 16.7 Å². The normalized spacial score (nSPS) is 20.4. The van der Waals surface area contributed by atoms with Crippen LogP contribution in [0.5, 0.6) is 5.75 Å². The molecule has 1 aliphatic heterocycles. The summed E-state index contributed by atoms with van der Waals surface area (Å²) in [4.78, 5) is 4.52. The number of hydrogen-bond acceptors (Lipinski definition) is 3. The molecule has 1 saturated heterocycles. The Labute approximate surface area is 110 Å². The third-order valence-electron chi connectivity index (χ3n) is 2.28. The van der Waals surface area contributed by atoms with Gasteiger partial charge in [0.25, 0.3) is 0 Å². The van der Waals surface area contributed by atoms with Crippen molar-refractivity contribution in [3.63, 3.8) is 0 Å². The zero-order valence-electron chi connectivity index (χ0n) is 7.68. The van der Waals surface area contributed by atoms with Gasteiger partial charge in [0.15, 0.2) is 5.75 Å². The van der Waals surface area contributed by atoms with Crippen LogP contribution in [0.2, 0.25) is 0 Å². The minimum Gasteiger partial charge on any atom is -0.494 e. The maximum atomic E-state index is 5.37. The van der Waals surface area contributed by atoms with Crippen LogP contribution in [0.1, 0.15) is 18.2 Å². The highest BCUT2D eigenvalue weighted by molar-refractivity contribution is 14.1. The van der Waals surface area contributed by atoms with Crippen LogP contribution in [-0.2, 0) is 0 Å². The van der Waals surface area contributed by atoms with Crippen LogP contribution in [-0.4, -0.2) is 18.6 Å². The molecule has 0 amide bonds. The zero-order chi connectivity index (χ0) is 10.1. The molecule has 0 bridgehead atoms. The van der Waals surface area contributed by atoms with Crippen molar-refractivity contribution < 1.29 is 4.74 Å². The largest absolute Gasteiger partial charge is 0.494 e. The molecule has 1 N–H and O–H groups in total. The van der Waals surface area contributed by atoms with Gasteiger partial charge in [0.1, 0.15) is 9.39 Å². The molecule has 0 spiro atoms. The van der Waals surface area contributed by atoms with Gasteiger partial charge in [-0.25, -0.2) is 4.98 Å². The predicted molar refractivity (Wildman–Crippen MR) is 71.6 cm³/mol. The molecule has 0 unspecified atom stereocenters. The van der Waals surface area contributed by atoms with Gasteiger partial charge in [-0.05, 0) is 64.2 Å². The Morgan fingerprint density at radius 3 is 2.79 bits per heavy atom. The summed E-state index contributed by atoms with van der Waals surface area (Å²) in [6.07, 6.45) is 1.15. The number of pyridine rings is 1. The molecule has 0 saturated carbocycles. The van der Waals surface area contributed by atoms with E-state index in [1.807, 2.05) is 6.07 Å². The highest BCUT2D eigenvalue weighted by atomic mass is 127. The minimum absolute atomic E-state index is 0.383. The van der Waals surface area contributed by atoms with Crippen molar-refractivity contribution in [2.75, 3.05) is 13.7 Å². The van der Waals surface area contributed by atoms with Gasteiger partial charge in [-0.15, -0.1) is 0 Å². The first-order chi connectivity index (χ1) is 6.72. The van der Waals surface area contributed by atoms with Crippen LogP contribution in [0.3, 0.4) is 0 Å². The lowest BCUT2D eigenvalue weighted by atomic mass is 10.0. The average molecular weight is 416 g/mol. The molecule has 5 heteroatoms. The molecule has 1 atom stereocenters. The van der Waals surface area contributed by atoms with E-state index in [1.165, 1.54) is 0 Å². The first-order valence-electron chi connectivity index (χ1n) is 4.35. The van der Waals surface area contributed by atoms with Crippen molar-refractivity contribution in [3.05, 3.63) is 19.0 Å². The van der Waals surface area contributed by atoms with Crippen LogP contribution in [0.25, 0.3) is 0 Å². The Balaban J connectivity index is 2.44. The van der Waals surface area contributed by atoms with Gasteiger partial charge < -0.3 is 10.1 Å². The van der Waals surface area contributed by atoms with E-state index in [0.29, 0.717) is 6.04 Å². The van der Waals surface area contributed by atoms with E-state index in [4.69, 9.17) is 4.74 Å². The fraction of sp³-hybridized carbons (Fsp3) is 0.444. The van der Waals surface area contributed by atoms with Gasteiger partial charge in [0.2, 0.25) is 0 Å². The third kappa shape index (κ3) is 1.99. The molecule has 1 fully saturated rings. The van der Waals surface area contributed by atoms with E-state index < -0.39 is 0 Å². The summed E-state index contributed by atoms with van der Waals surface area (Å²) in [5.74, 6) is 0.920. The highest BCUT2D eigenvalue weighted by Crippen LogP contribution is 2.33. The predicted octanol–water partition coefficient (Wildman–Crippen LogP) is 2.33. The molecule has 2 heterocycles. The second-order valence-corrected chi connectivity index (χ2v) is 5.41. The van der Waals surface area contributed by atoms with Crippen LogP contribution in [0, 0.1) is 7.27 Å². The average Bonchev–Trinajstić information content (AvgIpc) is 1.99. The second kappa shape index (κ2) is 4.48. The zero-order valence-corrected chi connectivity index (χ0v) is 12.0. The topological polar surface area (TPSA) is 34.1 Å². The molecule has 0 aromatic carbocycles. The van der Waals surface area contributed by atoms with Crippen molar-refractivity contribution in [3.8, 4) is 5.75 Å². The van der Waals surface area contributed by atoms with E-state index in [2.05, 4.69) is 55.5 Å². The van der Waals surface area contributed by atoms with Gasteiger partial charge in [0, 0.05) is 0 Å². The smallest absolute Gasteiger partial charge is 0.155 e. The Hall–Kier alpha value is 0.370. The number of halogens is 2. The van der Waals surface area contributed by atoms with Crippen molar-refractivity contribution in [1.29, 1.82) is 0 Å². The van der Waals surface area contributed by atoms with E-state index >= 15 is 0 Å². The second-order valence-electron chi connectivity index (χ2n) is 3.14. The van der Waals surface area contributed by atoms with Crippen molar-refractivity contribution in [2.45, 2.75) is 12.5 Å². The number of ether oxygens (including phenoxy) is 1. The van der Waals surface area contributed by atoms with E-state index in [1.54, 1.807) is 7.11 Å². The third-order valence-corrected chi connectivity index (χ3v) is 3.63. The Kier molecular flexibility index (Phi) is 3.48. The number of nitrogens with one attached hydrogen (secondary N) is 1. The first-order valence-corrected chi connectivity index (χ1v) is 6.51. The molecule has 2 rings (SSSR count). The number of nitrogens with zero attached hydrogens (tertiary/aromatic N) is 1. The minimum atomic E-state index is 0.383. The standard InChI is InChI=1S/C9H10I2N2O/c1-14-9-5(10)4-7(11)13-8(9)6-2-3-12-6/h4,6,12H,2-3H2,1H3/t6-/m0/s1. The van der Waals surface area contributed by atoms with Gasteiger partial charge >= 0.3 is 0 Å². The van der Waals surface area contributed by atoms with Crippen LogP contribution in [0.4, 0.5) is 0 Å². The molecule has 1 aromatic rings. The Morgan fingerprint density at radius 1 is 1.57 bits per heavy atom. The maximum absolute atomic E-state index is 5.37. The summed E-state index contributed by atoms with van der Waals surface area (Å²) in [5, 5.41) is 3.34.